The molecule has 1 fully saturated rings. The Kier molecular flexibility index (Phi) is 6.91. The number of anilines is 1. The SMILES string of the molecule is O=C1N[C@H](CCC[C@@H](O)c2ccc(F)cc2)[C@@H](c2ccc(CO)cc2O)N1c1ccccc1. The smallest absolute Gasteiger partial charge is 0.322 e. The standard InChI is InChI=1S/C26H27FN2O4/c27-19-12-10-18(11-13-19)23(31)8-4-7-22-25(21-14-9-17(16-30)15-24(21)32)29(26(33)28-22)20-5-2-1-3-6-20/h1-3,5-6,9-15,22-23,25,30-32H,4,7-8,16H2,(H,28,33)/t22-,23-,25-/m1/s1. The fourth-order valence-corrected chi connectivity index (χ4v) is 4.39. The molecule has 3 aromatic carbocycles. The molecule has 0 radical (unpaired) electrons. The Bertz CT molecular complexity index is 1090. The molecule has 0 spiro atoms. The number of aliphatic hydroxyl groups excluding tert-OH is 2. The molecule has 6 nitrogen and oxygen atoms in total. The molecule has 1 aliphatic rings. The second kappa shape index (κ2) is 10.0. The quantitative estimate of drug-likeness (QED) is 0.405. The van der Waals surface area contributed by atoms with Crippen LogP contribution in [0.5, 0.6) is 5.75 Å². The van der Waals surface area contributed by atoms with Crippen LogP contribution in [0.25, 0.3) is 0 Å². The van der Waals surface area contributed by atoms with Gasteiger partial charge in [0.1, 0.15) is 11.6 Å². The van der Waals surface area contributed by atoms with Gasteiger partial charge in [0.15, 0.2) is 0 Å². The van der Waals surface area contributed by atoms with E-state index in [1.54, 1.807) is 29.2 Å². The number of benzene rings is 3. The van der Waals surface area contributed by atoms with Gasteiger partial charge in [0.2, 0.25) is 0 Å². The molecule has 3 atom stereocenters. The van der Waals surface area contributed by atoms with Crippen molar-refractivity contribution in [2.24, 2.45) is 0 Å². The summed E-state index contributed by atoms with van der Waals surface area (Å²) in [6, 6.07) is 19.0. The van der Waals surface area contributed by atoms with Crippen molar-refractivity contribution in [2.45, 2.75) is 44.1 Å². The molecule has 0 aliphatic carbocycles. The van der Waals surface area contributed by atoms with Gasteiger partial charge in [-0.3, -0.25) is 4.90 Å². The molecule has 33 heavy (non-hydrogen) atoms. The Balaban J connectivity index is 1.55. The number of hydrogen-bond acceptors (Lipinski definition) is 4. The van der Waals surface area contributed by atoms with E-state index in [0.717, 1.165) is 0 Å². The van der Waals surface area contributed by atoms with E-state index in [1.807, 2.05) is 30.3 Å². The molecule has 172 valence electrons. The first-order valence-electron chi connectivity index (χ1n) is 11.0. The minimum absolute atomic E-state index is 0.0142. The third kappa shape index (κ3) is 4.99. The van der Waals surface area contributed by atoms with Gasteiger partial charge in [-0.1, -0.05) is 42.5 Å². The molecule has 7 heteroatoms. The van der Waals surface area contributed by atoms with E-state index in [-0.39, 0.29) is 30.2 Å². The van der Waals surface area contributed by atoms with Gasteiger partial charge in [-0.15, -0.1) is 0 Å². The minimum atomic E-state index is -0.733. The molecular formula is C26H27FN2O4. The summed E-state index contributed by atoms with van der Waals surface area (Å²) in [5.41, 5.74) is 2.52. The highest BCUT2D eigenvalue weighted by molar-refractivity contribution is 5.96. The molecule has 0 saturated carbocycles. The average Bonchev–Trinajstić information content (AvgIpc) is 3.15. The van der Waals surface area contributed by atoms with E-state index in [4.69, 9.17) is 0 Å². The van der Waals surface area contributed by atoms with Crippen LogP contribution in [0, 0.1) is 5.82 Å². The average molecular weight is 451 g/mol. The van der Waals surface area contributed by atoms with Crippen LogP contribution in [0.2, 0.25) is 0 Å². The lowest BCUT2D eigenvalue weighted by molar-refractivity contribution is 0.162. The van der Waals surface area contributed by atoms with Crippen LogP contribution in [-0.4, -0.2) is 27.4 Å². The molecule has 1 aliphatic heterocycles. The number of carbonyl (C=O) groups excluding carboxylic acids is 1. The second-order valence-corrected chi connectivity index (χ2v) is 8.26. The van der Waals surface area contributed by atoms with Crippen molar-refractivity contribution in [3.63, 3.8) is 0 Å². The van der Waals surface area contributed by atoms with Gasteiger partial charge >= 0.3 is 6.03 Å². The van der Waals surface area contributed by atoms with Crippen molar-refractivity contribution in [1.82, 2.24) is 5.32 Å². The number of nitrogens with zero attached hydrogens (tertiary/aromatic N) is 1. The lowest BCUT2D eigenvalue weighted by Gasteiger charge is -2.28. The van der Waals surface area contributed by atoms with Crippen LogP contribution in [0.4, 0.5) is 14.9 Å². The predicted octanol–water partition coefficient (Wildman–Crippen LogP) is 4.57. The fourth-order valence-electron chi connectivity index (χ4n) is 4.39. The van der Waals surface area contributed by atoms with Crippen molar-refractivity contribution in [3.8, 4) is 5.75 Å². The first-order valence-corrected chi connectivity index (χ1v) is 11.0. The first kappa shape index (κ1) is 22.8. The lowest BCUT2D eigenvalue weighted by Crippen LogP contribution is -2.29. The maximum Gasteiger partial charge on any atom is 0.322 e. The minimum Gasteiger partial charge on any atom is -0.508 e. The summed E-state index contributed by atoms with van der Waals surface area (Å²) in [7, 11) is 0. The number of halogens is 1. The second-order valence-electron chi connectivity index (χ2n) is 8.26. The van der Waals surface area contributed by atoms with Crippen LogP contribution in [0.1, 0.15) is 48.1 Å². The highest BCUT2D eigenvalue weighted by Crippen LogP contribution is 2.40. The third-order valence-electron chi connectivity index (χ3n) is 6.06. The molecule has 2 amide bonds. The molecule has 4 rings (SSSR count). The summed E-state index contributed by atoms with van der Waals surface area (Å²) >= 11 is 0. The van der Waals surface area contributed by atoms with Gasteiger partial charge in [0, 0.05) is 11.3 Å². The maximum absolute atomic E-state index is 13.1. The number of para-hydroxylation sites is 1. The van der Waals surface area contributed by atoms with Crippen LogP contribution < -0.4 is 10.2 Å². The number of carbonyl (C=O) groups is 1. The predicted molar refractivity (Wildman–Crippen MR) is 123 cm³/mol. The Morgan fingerprint density at radius 2 is 1.76 bits per heavy atom. The summed E-state index contributed by atoms with van der Waals surface area (Å²) in [5, 5.41) is 33.6. The number of aliphatic hydroxyl groups is 2. The monoisotopic (exact) mass is 450 g/mol. The molecule has 1 heterocycles. The number of hydrogen-bond donors (Lipinski definition) is 4. The Morgan fingerprint density at radius 3 is 2.42 bits per heavy atom. The Hall–Kier alpha value is -3.42. The topological polar surface area (TPSA) is 93.0 Å². The zero-order chi connectivity index (χ0) is 23.4. The van der Waals surface area contributed by atoms with E-state index >= 15 is 0 Å². The van der Waals surface area contributed by atoms with Gasteiger partial charge in [0.25, 0.3) is 0 Å². The van der Waals surface area contributed by atoms with Gasteiger partial charge in [-0.25, -0.2) is 9.18 Å². The van der Waals surface area contributed by atoms with Crippen molar-refractivity contribution in [3.05, 3.63) is 95.3 Å². The summed E-state index contributed by atoms with van der Waals surface area (Å²) in [4.78, 5) is 14.6. The largest absolute Gasteiger partial charge is 0.508 e. The van der Waals surface area contributed by atoms with Gasteiger partial charge < -0.3 is 20.6 Å². The number of phenolic OH excluding ortho intramolecular Hbond substituents is 1. The van der Waals surface area contributed by atoms with Crippen LogP contribution >= 0.6 is 0 Å². The zero-order valence-corrected chi connectivity index (χ0v) is 18.1. The Labute approximate surface area is 191 Å². The maximum atomic E-state index is 13.1. The van der Waals surface area contributed by atoms with Crippen molar-refractivity contribution >= 4 is 11.7 Å². The molecular weight excluding hydrogens is 423 g/mol. The lowest BCUT2D eigenvalue weighted by atomic mass is 9.92. The number of rotatable bonds is 8. The van der Waals surface area contributed by atoms with Crippen LogP contribution in [0.3, 0.4) is 0 Å². The summed E-state index contributed by atoms with van der Waals surface area (Å²) in [6.07, 6.45) is 0.895. The van der Waals surface area contributed by atoms with Crippen molar-refractivity contribution in [2.75, 3.05) is 4.90 Å². The summed E-state index contributed by atoms with van der Waals surface area (Å²) in [5.74, 6) is -0.337. The number of phenols is 1. The first-order chi connectivity index (χ1) is 16.0. The number of amides is 2. The van der Waals surface area contributed by atoms with Crippen LogP contribution in [0.15, 0.2) is 72.8 Å². The van der Waals surface area contributed by atoms with E-state index in [9.17, 15) is 24.5 Å². The summed E-state index contributed by atoms with van der Waals surface area (Å²) < 4.78 is 13.1. The third-order valence-corrected chi connectivity index (χ3v) is 6.06. The molecule has 1 saturated heterocycles. The van der Waals surface area contributed by atoms with E-state index in [1.165, 1.54) is 18.2 Å². The zero-order valence-electron chi connectivity index (χ0n) is 18.1. The van der Waals surface area contributed by atoms with Crippen LogP contribution in [-0.2, 0) is 6.61 Å². The molecule has 0 aromatic heterocycles. The molecule has 0 bridgehead atoms. The summed E-state index contributed by atoms with van der Waals surface area (Å²) in [6.45, 7) is -0.192. The van der Waals surface area contributed by atoms with Gasteiger partial charge in [-0.2, -0.15) is 0 Å². The fraction of sp³-hybridized carbons (Fsp3) is 0.269. The highest BCUT2D eigenvalue weighted by atomic mass is 19.1. The highest BCUT2D eigenvalue weighted by Gasteiger charge is 2.42. The molecule has 4 N–H and O–H groups in total. The van der Waals surface area contributed by atoms with E-state index in [2.05, 4.69) is 5.32 Å². The van der Waals surface area contributed by atoms with Gasteiger partial charge in [0.05, 0.1) is 24.8 Å². The number of nitrogens with one attached hydrogen (secondary N) is 1. The Morgan fingerprint density at radius 1 is 1.03 bits per heavy atom. The van der Waals surface area contributed by atoms with E-state index in [0.29, 0.717) is 41.6 Å². The van der Waals surface area contributed by atoms with Crippen molar-refractivity contribution < 1.29 is 24.5 Å². The normalized spacial score (nSPS) is 18.9. The number of aromatic hydroxyl groups is 1. The van der Waals surface area contributed by atoms with Crippen molar-refractivity contribution in [1.29, 1.82) is 0 Å². The van der Waals surface area contributed by atoms with E-state index < -0.39 is 12.1 Å². The molecule has 3 aromatic rings. The number of urea groups is 1. The molecule has 0 unspecified atom stereocenters. The van der Waals surface area contributed by atoms with Gasteiger partial charge in [-0.05, 0) is 60.7 Å².